The molecule has 0 saturated carbocycles. The molecule has 0 aliphatic rings. The van der Waals surface area contributed by atoms with Crippen LogP contribution in [0.4, 0.5) is 0 Å². The minimum Gasteiger partial charge on any atom is -0.323 e. The first-order valence-corrected chi connectivity index (χ1v) is 3.37. The molecule has 0 bridgehead atoms. The zero-order chi connectivity index (χ0) is 7.72. The van der Waals surface area contributed by atoms with E-state index in [1.165, 1.54) is 0 Å². The number of aryl methyl sites for hydroxylation is 2. The molecule has 3 nitrogen and oxygen atoms in total. The Hall–Kier alpha value is -0.540. The third kappa shape index (κ3) is 2.20. The molecule has 0 radical (unpaired) electrons. The van der Waals surface area contributed by atoms with Crippen LogP contribution in [0.1, 0.15) is 24.2 Å². The summed E-state index contributed by atoms with van der Waals surface area (Å²) in [6, 6.07) is 0.0428. The lowest BCUT2D eigenvalue weighted by Gasteiger charge is -1.99. The van der Waals surface area contributed by atoms with Crippen molar-refractivity contribution in [2.75, 3.05) is 0 Å². The van der Waals surface area contributed by atoms with Gasteiger partial charge in [0.2, 0.25) is 0 Å². The van der Waals surface area contributed by atoms with E-state index in [0.717, 1.165) is 11.3 Å². The van der Waals surface area contributed by atoms with Crippen molar-refractivity contribution in [1.29, 1.82) is 0 Å². The van der Waals surface area contributed by atoms with Crippen molar-refractivity contribution in [3.8, 4) is 0 Å². The Bertz CT molecular complexity index is 230. The van der Waals surface area contributed by atoms with Crippen LogP contribution < -0.4 is 5.73 Å². The van der Waals surface area contributed by atoms with E-state index in [1.54, 1.807) is 4.68 Å². The molecule has 0 unspecified atom stereocenters. The summed E-state index contributed by atoms with van der Waals surface area (Å²) in [5, 5.41) is 4.20. The van der Waals surface area contributed by atoms with Gasteiger partial charge in [-0.05, 0) is 19.4 Å². The lowest BCUT2D eigenvalue weighted by molar-refractivity contribution is 0.698. The first-order valence-electron chi connectivity index (χ1n) is 3.37. The third-order valence-electron chi connectivity index (χ3n) is 1.48. The van der Waals surface area contributed by atoms with Crippen molar-refractivity contribution >= 4 is 12.4 Å². The van der Waals surface area contributed by atoms with Gasteiger partial charge in [0.25, 0.3) is 0 Å². The highest BCUT2D eigenvalue weighted by atomic mass is 35.5. The molecular formula is C7H14ClN3. The SMILES string of the molecule is Cc1cn(C)nc1[C@@H](C)N.Cl. The highest BCUT2D eigenvalue weighted by Crippen LogP contribution is 2.10. The molecule has 1 heterocycles. The summed E-state index contributed by atoms with van der Waals surface area (Å²) < 4.78 is 1.79. The van der Waals surface area contributed by atoms with Crippen molar-refractivity contribution in [2.24, 2.45) is 12.8 Å². The molecule has 2 N–H and O–H groups in total. The number of halogens is 1. The first-order chi connectivity index (χ1) is 4.61. The van der Waals surface area contributed by atoms with Crippen molar-refractivity contribution in [3.63, 3.8) is 0 Å². The normalized spacial score (nSPS) is 12.4. The smallest absolute Gasteiger partial charge is 0.0817 e. The number of rotatable bonds is 1. The second kappa shape index (κ2) is 3.74. The van der Waals surface area contributed by atoms with Gasteiger partial charge in [-0.3, -0.25) is 4.68 Å². The average Bonchev–Trinajstić information content (AvgIpc) is 2.10. The summed E-state index contributed by atoms with van der Waals surface area (Å²) in [5.74, 6) is 0. The van der Waals surface area contributed by atoms with Crippen molar-refractivity contribution < 1.29 is 0 Å². The summed E-state index contributed by atoms with van der Waals surface area (Å²) >= 11 is 0. The topological polar surface area (TPSA) is 43.8 Å². The van der Waals surface area contributed by atoms with Gasteiger partial charge in [0, 0.05) is 19.3 Å². The van der Waals surface area contributed by atoms with Crippen LogP contribution in [0.3, 0.4) is 0 Å². The maximum Gasteiger partial charge on any atom is 0.0817 e. The lowest BCUT2D eigenvalue weighted by Crippen LogP contribution is -2.07. The Balaban J connectivity index is 0.000001000. The molecule has 64 valence electrons. The molecule has 1 aromatic rings. The maximum absolute atomic E-state index is 5.65. The van der Waals surface area contributed by atoms with E-state index in [1.807, 2.05) is 27.1 Å². The van der Waals surface area contributed by atoms with Crippen LogP contribution in [0.5, 0.6) is 0 Å². The molecule has 0 aliphatic heterocycles. The zero-order valence-corrected chi connectivity index (χ0v) is 7.85. The minimum atomic E-state index is 0. The van der Waals surface area contributed by atoms with Gasteiger partial charge in [-0.2, -0.15) is 5.10 Å². The second-order valence-electron chi connectivity index (χ2n) is 2.66. The molecule has 0 fully saturated rings. The molecule has 0 aliphatic carbocycles. The van der Waals surface area contributed by atoms with Crippen LogP contribution >= 0.6 is 12.4 Å². The summed E-state index contributed by atoms with van der Waals surface area (Å²) in [4.78, 5) is 0. The molecule has 0 saturated heterocycles. The lowest BCUT2D eigenvalue weighted by atomic mass is 10.2. The van der Waals surface area contributed by atoms with Gasteiger partial charge in [-0.15, -0.1) is 12.4 Å². The Morgan fingerprint density at radius 3 is 2.36 bits per heavy atom. The zero-order valence-electron chi connectivity index (χ0n) is 7.03. The van der Waals surface area contributed by atoms with Crippen LogP contribution in [0, 0.1) is 6.92 Å². The Morgan fingerprint density at radius 1 is 1.64 bits per heavy atom. The van der Waals surface area contributed by atoms with Gasteiger partial charge in [-0.25, -0.2) is 0 Å². The van der Waals surface area contributed by atoms with E-state index in [0.29, 0.717) is 0 Å². The monoisotopic (exact) mass is 175 g/mol. The van der Waals surface area contributed by atoms with Gasteiger partial charge in [0.05, 0.1) is 5.69 Å². The number of nitrogens with two attached hydrogens (primary N) is 1. The molecule has 0 aromatic carbocycles. The van der Waals surface area contributed by atoms with Gasteiger partial charge in [-0.1, -0.05) is 0 Å². The van der Waals surface area contributed by atoms with Crippen LogP contribution in [0.15, 0.2) is 6.20 Å². The van der Waals surface area contributed by atoms with Crippen molar-refractivity contribution in [3.05, 3.63) is 17.5 Å². The molecular weight excluding hydrogens is 162 g/mol. The maximum atomic E-state index is 5.65. The van der Waals surface area contributed by atoms with Gasteiger partial charge in [0.1, 0.15) is 0 Å². The molecule has 1 aromatic heterocycles. The van der Waals surface area contributed by atoms with E-state index in [2.05, 4.69) is 5.10 Å². The quantitative estimate of drug-likeness (QED) is 0.697. The van der Waals surface area contributed by atoms with E-state index in [4.69, 9.17) is 5.73 Å². The Morgan fingerprint density at radius 2 is 2.18 bits per heavy atom. The number of nitrogens with zero attached hydrogens (tertiary/aromatic N) is 2. The molecule has 0 amide bonds. The van der Waals surface area contributed by atoms with Crippen molar-refractivity contribution in [1.82, 2.24) is 9.78 Å². The fourth-order valence-electron chi connectivity index (χ4n) is 1.07. The van der Waals surface area contributed by atoms with E-state index in [9.17, 15) is 0 Å². The molecule has 0 spiro atoms. The van der Waals surface area contributed by atoms with Crippen LogP contribution in [0.25, 0.3) is 0 Å². The van der Waals surface area contributed by atoms with Gasteiger partial charge < -0.3 is 5.73 Å². The van der Waals surface area contributed by atoms with Crippen LogP contribution in [0.2, 0.25) is 0 Å². The highest BCUT2D eigenvalue weighted by Gasteiger charge is 2.06. The van der Waals surface area contributed by atoms with Gasteiger partial charge >= 0.3 is 0 Å². The van der Waals surface area contributed by atoms with Crippen LogP contribution in [-0.2, 0) is 7.05 Å². The Labute approximate surface area is 73.0 Å². The van der Waals surface area contributed by atoms with Gasteiger partial charge in [0.15, 0.2) is 0 Å². The standard InChI is InChI=1S/C7H13N3.ClH/c1-5-4-10(3)9-7(5)6(2)8;/h4,6H,8H2,1-3H3;1H/t6-;/m1./s1. The summed E-state index contributed by atoms with van der Waals surface area (Å²) in [7, 11) is 1.90. The average molecular weight is 176 g/mol. The second-order valence-corrected chi connectivity index (χ2v) is 2.66. The molecule has 1 rings (SSSR count). The molecule has 4 heteroatoms. The molecule has 11 heavy (non-hydrogen) atoms. The first kappa shape index (κ1) is 10.5. The largest absolute Gasteiger partial charge is 0.323 e. The summed E-state index contributed by atoms with van der Waals surface area (Å²) in [6.07, 6.45) is 1.97. The third-order valence-corrected chi connectivity index (χ3v) is 1.48. The van der Waals surface area contributed by atoms with E-state index < -0.39 is 0 Å². The van der Waals surface area contributed by atoms with E-state index in [-0.39, 0.29) is 18.4 Å². The predicted octanol–water partition coefficient (Wildman–Crippen LogP) is 1.17. The number of hydrogen-bond acceptors (Lipinski definition) is 2. The van der Waals surface area contributed by atoms with Crippen molar-refractivity contribution in [2.45, 2.75) is 19.9 Å². The minimum absolute atomic E-state index is 0. The summed E-state index contributed by atoms with van der Waals surface area (Å²) in [6.45, 7) is 3.96. The van der Waals surface area contributed by atoms with E-state index >= 15 is 0 Å². The predicted molar refractivity (Wildman–Crippen MR) is 47.8 cm³/mol. The fraction of sp³-hybridized carbons (Fsp3) is 0.571. The number of hydrogen-bond donors (Lipinski definition) is 1. The Kier molecular flexibility index (Phi) is 3.55. The fourth-order valence-corrected chi connectivity index (χ4v) is 1.07. The number of aromatic nitrogens is 2. The summed E-state index contributed by atoms with van der Waals surface area (Å²) in [5.41, 5.74) is 7.80. The highest BCUT2D eigenvalue weighted by molar-refractivity contribution is 5.85. The molecule has 1 atom stereocenters. The van der Waals surface area contributed by atoms with Crippen LogP contribution in [-0.4, -0.2) is 9.78 Å².